The predicted molar refractivity (Wildman–Crippen MR) is 92.7 cm³/mol. The molecule has 2 aromatic heterocycles. The van der Waals surface area contributed by atoms with Crippen LogP contribution in [0.15, 0.2) is 41.4 Å². The lowest BCUT2D eigenvalue weighted by atomic mass is 9.75. The molecule has 6 heteroatoms. The van der Waals surface area contributed by atoms with E-state index in [1.807, 2.05) is 17.5 Å². The van der Waals surface area contributed by atoms with Gasteiger partial charge in [0.2, 0.25) is 0 Å². The van der Waals surface area contributed by atoms with E-state index in [-0.39, 0.29) is 6.42 Å². The minimum atomic E-state index is -2.60. The van der Waals surface area contributed by atoms with Crippen LogP contribution in [-0.4, -0.2) is 42.0 Å². The van der Waals surface area contributed by atoms with Gasteiger partial charge in [-0.2, -0.15) is 11.3 Å². The third-order valence-electron chi connectivity index (χ3n) is 5.40. The van der Waals surface area contributed by atoms with Gasteiger partial charge in [0.15, 0.2) is 0 Å². The Bertz CT molecular complexity index is 677. The van der Waals surface area contributed by atoms with Crippen molar-refractivity contribution in [3.8, 4) is 0 Å². The second kappa shape index (κ2) is 6.08. The molecule has 2 saturated heterocycles. The monoisotopic (exact) mass is 349 g/mol. The van der Waals surface area contributed by atoms with Crippen LogP contribution in [0.5, 0.6) is 0 Å². The van der Waals surface area contributed by atoms with Crippen molar-refractivity contribution in [2.24, 2.45) is 5.41 Å². The van der Waals surface area contributed by atoms with E-state index in [2.05, 4.69) is 26.2 Å². The Labute approximate surface area is 144 Å². The lowest BCUT2D eigenvalue weighted by Gasteiger charge is -2.46. The fraction of sp³-hybridized carbons (Fsp3) is 0.500. The minimum absolute atomic E-state index is 0.0436. The first-order valence-corrected chi connectivity index (χ1v) is 9.29. The first-order chi connectivity index (χ1) is 11.6. The lowest BCUT2D eigenvalue weighted by Crippen LogP contribution is -2.56. The van der Waals surface area contributed by atoms with Crippen LogP contribution in [0.4, 0.5) is 14.5 Å². The van der Waals surface area contributed by atoms with Gasteiger partial charge in [-0.05, 0) is 40.9 Å². The van der Waals surface area contributed by atoms with Crippen LogP contribution >= 0.6 is 11.3 Å². The molecule has 0 radical (unpaired) electrons. The van der Waals surface area contributed by atoms with Crippen LogP contribution in [0, 0.1) is 5.41 Å². The van der Waals surface area contributed by atoms with E-state index in [1.165, 1.54) is 5.56 Å². The molecule has 0 saturated carbocycles. The second-order valence-electron chi connectivity index (χ2n) is 6.96. The molecule has 128 valence electrons. The number of aromatic nitrogens is 1. The number of alkyl halides is 2. The number of thiophene rings is 1. The van der Waals surface area contributed by atoms with Crippen molar-refractivity contribution in [1.82, 2.24) is 9.88 Å². The molecule has 0 amide bonds. The molecule has 2 aromatic rings. The van der Waals surface area contributed by atoms with Gasteiger partial charge in [0, 0.05) is 45.3 Å². The maximum absolute atomic E-state index is 14.8. The van der Waals surface area contributed by atoms with Gasteiger partial charge in [-0.1, -0.05) is 0 Å². The van der Waals surface area contributed by atoms with E-state index >= 15 is 0 Å². The van der Waals surface area contributed by atoms with Gasteiger partial charge >= 0.3 is 0 Å². The number of piperidine rings is 1. The van der Waals surface area contributed by atoms with Crippen LogP contribution < -0.4 is 4.90 Å². The smallest absolute Gasteiger partial charge is 0.257 e. The molecule has 2 aliphatic rings. The van der Waals surface area contributed by atoms with E-state index in [9.17, 15) is 8.78 Å². The van der Waals surface area contributed by atoms with Crippen LogP contribution in [0.25, 0.3) is 0 Å². The maximum atomic E-state index is 14.8. The Morgan fingerprint density at radius 2 is 2.08 bits per heavy atom. The van der Waals surface area contributed by atoms with Gasteiger partial charge in [-0.15, -0.1) is 0 Å². The summed E-state index contributed by atoms with van der Waals surface area (Å²) in [7, 11) is 0. The molecule has 3 nitrogen and oxygen atoms in total. The standard InChI is InChI=1S/C18H21F2N3S/c19-18(20)5-7-22(11-15-3-9-24-12-15)13-17(18)4-8-23(14-17)16-2-1-6-21-10-16/h1-3,6,9-10,12H,4-5,7-8,11,13-14H2. The highest BCUT2D eigenvalue weighted by molar-refractivity contribution is 7.07. The van der Waals surface area contributed by atoms with Crippen LogP contribution in [0.1, 0.15) is 18.4 Å². The molecule has 0 bridgehead atoms. The van der Waals surface area contributed by atoms with Crippen molar-refractivity contribution in [1.29, 1.82) is 0 Å². The van der Waals surface area contributed by atoms with E-state index in [4.69, 9.17) is 0 Å². The molecule has 1 atom stereocenters. The van der Waals surface area contributed by atoms with Crippen molar-refractivity contribution >= 4 is 17.0 Å². The minimum Gasteiger partial charge on any atom is -0.369 e. The van der Waals surface area contributed by atoms with E-state index < -0.39 is 11.3 Å². The Kier molecular flexibility index (Phi) is 4.04. The van der Waals surface area contributed by atoms with Crippen LogP contribution in [0.3, 0.4) is 0 Å². The maximum Gasteiger partial charge on any atom is 0.257 e. The molecule has 1 spiro atoms. The first-order valence-electron chi connectivity index (χ1n) is 8.34. The second-order valence-corrected chi connectivity index (χ2v) is 7.74. The number of rotatable bonds is 3. The third kappa shape index (κ3) is 2.82. The Morgan fingerprint density at radius 1 is 1.17 bits per heavy atom. The number of halogens is 2. The molecule has 4 rings (SSSR count). The van der Waals surface area contributed by atoms with Gasteiger partial charge in [0.25, 0.3) is 5.92 Å². The van der Waals surface area contributed by atoms with Crippen molar-refractivity contribution in [3.63, 3.8) is 0 Å². The van der Waals surface area contributed by atoms with E-state index in [0.717, 1.165) is 12.2 Å². The van der Waals surface area contributed by atoms with Gasteiger partial charge in [-0.3, -0.25) is 9.88 Å². The number of anilines is 1. The highest BCUT2D eigenvalue weighted by Gasteiger charge is 2.59. The Balaban J connectivity index is 1.53. The zero-order valence-electron chi connectivity index (χ0n) is 13.5. The number of hydrogen-bond acceptors (Lipinski definition) is 4. The summed E-state index contributed by atoms with van der Waals surface area (Å²) in [4.78, 5) is 8.39. The molecule has 2 aliphatic heterocycles. The van der Waals surface area contributed by atoms with Gasteiger partial charge < -0.3 is 4.90 Å². The van der Waals surface area contributed by atoms with Crippen LogP contribution in [0.2, 0.25) is 0 Å². The topological polar surface area (TPSA) is 19.4 Å². The van der Waals surface area contributed by atoms with Crippen molar-refractivity contribution in [2.45, 2.75) is 25.3 Å². The quantitative estimate of drug-likeness (QED) is 0.838. The largest absolute Gasteiger partial charge is 0.369 e. The fourth-order valence-corrected chi connectivity index (χ4v) is 4.68. The first kappa shape index (κ1) is 16.0. The van der Waals surface area contributed by atoms with E-state index in [0.29, 0.717) is 32.6 Å². The summed E-state index contributed by atoms with van der Waals surface area (Å²) in [6.45, 7) is 2.79. The number of nitrogens with zero attached hydrogens (tertiary/aromatic N) is 3. The molecule has 0 N–H and O–H groups in total. The summed E-state index contributed by atoms with van der Waals surface area (Å²) in [6.07, 6.45) is 3.98. The van der Waals surface area contributed by atoms with Crippen molar-refractivity contribution < 1.29 is 8.78 Å². The SMILES string of the molecule is FC1(F)CCN(Cc2ccsc2)CC12CCN(c1cccnc1)C2. The molecular weight excluding hydrogens is 328 g/mol. The average molecular weight is 349 g/mol. The zero-order chi connectivity index (χ0) is 16.6. The zero-order valence-corrected chi connectivity index (χ0v) is 14.3. The molecule has 4 heterocycles. The summed E-state index contributed by atoms with van der Waals surface area (Å²) in [5.74, 6) is -2.60. The highest BCUT2D eigenvalue weighted by atomic mass is 32.1. The average Bonchev–Trinajstić information content (AvgIpc) is 3.23. The molecule has 0 aliphatic carbocycles. The molecule has 24 heavy (non-hydrogen) atoms. The summed E-state index contributed by atoms with van der Waals surface area (Å²) in [5, 5.41) is 4.15. The normalized spacial score (nSPS) is 27.0. The Hall–Kier alpha value is -1.53. The molecule has 2 fully saturated rings. The van der Waals surface area contributed by atoms with E-state index in [1.54, 1.807) is 23.7 Å². The van der Waals surface area contributed by atoms with Gasteiger partial charge in [0.1, 0.15) is 0 Å². The van der Waals surface area contributed by atoms with Crippen LogP contribution in [-0.2, 0) is 6.54 Å². The third-order valence-corrected chi connectivity index (χ3v) is 6.13. The number of pyridine rings is 1. The summed E-state index contributed by atoms with van der Waals surface area (Å²) in [6, 6.07) is 5.90. The molecule has 1 unspecified atom stereocenters. The fourth-order valence-electron chi connectivity index (χ4n) is 4.02. The highest BCUT2D eigenvalue weighted by Crippen LogP contribution is 2.50. The molecule has 0 aromatic carbocycles. The number of hydrogen-bond donors (Lipinski definition) is 0. The molecular formula is C18H21F2N3S. The van der Waals surface area contributed by atoms with Gasteiger partial charge in [-0.25, -0.2) is 8.78 Å². The van der Waals surface area contributed by atoms with Crippen molar-refractivity contribution in [3.05, 3.63) is 46.9 Å². The summed E-state index contributed by atoms with van der Waals surface area (Å²) < 4.78 is 29.7. The van der Waals surface area contributed by atoms with Gasteiger partial charge in [0.05, 0.1) is 17.3 Å². The Morgan fingerprint density at radius 3 is 2.83 bits per heavy atom. The lowest BCUT2D eigenvalue weighted by molar-refractivity contribution is -0.158. The summed E-state index contributed by atoms with van der Waals surface area (Å²) in [5.41, 5.74) is 1.22. The summed E-state index contributed by atoms with van der Waals surface area (Å²) >= 11 is 1.66. The van der Waals surface area contributed by atoms with Crippen molar-refractivity contribution in [2.75, 3.05) is 31.1 Å². The number of likely N-dealkylation sites (tertiary alicyclic amines) is 1. The predicted octanol–water partition coefficient (Wildman–Crippen LogP) is 3.88.